The van der Waals surface area contributed by atoms with Crippen molar-refractivity contribution in [3.8, 4) is 0 Å². The van der Waals surface area contributed by atoms with Gasteiger partial charge in [0.05, 0.1) is 16.7 Å². The summed E-state index contributed by atoms with van der Waals surface area (Å²) in [6, 6.07) is 17.1. The van der Waals surface area contributed by atoms with Crippen LogP contribution in [-0.4, -0.2) is 28.9 Å². The number of rotatable bonds is 7. The summed E-state index contributed by atoms with van der Waals surface area (Å²) in [4.78, 5) is 26.1. The van der Waals surface area contributed by atoms with Crippen molar-refractivity contribution in [2.24, 2.45) is 0 Å². The number of carbonyl (C=O) groups is 2. The zero-order valence-corrected chi connectivity index (χ0v) is 18.9. The van der Waals surface area contributed by atoms with E-state index in [1.807, 2.05) is 0 Å². The Balaban J connectivity index is 2.26. The highest BCUT2D eigenvalue weighted by atomic mass is 19.4. The van der Waals surface area contributed by atoms with E-state index in [1.165, 1.54) is 7.05 Å². The van der Waals surface area contributed by atoms with E-state index in [-0.39, 0.29) is 12.5 Å². The summed E-state index contributed by atoms with van der Waals surface area (Å²) in [5.41, 5.74) is -4.70. The molecule has 1 amide bonds. The van der Waals surface area contributed by atoms with Gasteiger partial charge in [-0.25, -0.2) is 0 Å². The zero-order chi connectivity index (χ0) is 26.7. The highest BCUT2D eigenvalue weighted by Crippen LogP contribution is 2.42. The molecule has 0 saturated carbocycles. The fourth-order valence-corrected chi connectivity index (χ4v) is 4.17. The van der Waals surface area contributed by atoms with Gasteiger partial charge < -0.3 is 10.0 Å². The minimum Gasteiger partial charge on any atom is -0.481 e. The van der Waals surface area contributed by atoms with Crippen molar-refractivity contribution in [1.82, 2.24) is 4.90 Å². The predicted molar refractivity (Wildman–Crippen MR) is 119 cm³/mol. The van der Waals surface area contributed by atoms with Crippen LogP contribution in [-0.2, 0) is 22.7 Å². The molecule has 0 aromatic heterocycles. The van der Waals surface area contributed by atoms with Crippen LogP contribution in [0.3, 0.4) is 0 Å². The molecule has 0 atom stereocenters. The number of carbonyl (C=O) groups excluding carboxylic acids is 1. The third-order valence-corrected chi connectivity index (χ3v) is 5.92. The van der Waals surface area contributed by atoms with E-state index < -0.39 is 52.9 Å². The maximum atomic E-state index is 13.6. The van der Waals surface area contributed by atoms with Gasteiger partial charge in [-0.2, -0.15) is 26.3 Å². The summed E-state index contributed by atoms with van der Waals surface area (Å²) in [6.07, 6.45) is -10.9. The predicted octanol–water partition coefficient (Wildman–Crippen LogP) is 6.60. The van der Waals surface area contributed by atoms with Crippen molar-refractivity contribution in [3.63, 3.8) is 0 Å². The van der Waals surface area contributed by atoms with Gasteiger partial charge in [0.15, 0.2) is 0 Å². The molecule has 4 nitrogen and oxygen atoms in total. The van der Waals surface area contributed by atoms with E-state index in [2.05, 4.69) is 0 Å². The number of nitrogens with zero attached hydrogens (tertiary/aromatic N) is 1. The lowest BCUT2D eigenvalue weighted by Gasteiger charge is -2.43. The van der Waals surface area contributed by atoms with Crippen LogP contribution in [0.25, 0.3) is 0 Å². The third kappa shape index (κ3) is 5.53. The van der Waals surface area contributed by atoms with Crippen LogP contribution in [0.4, 0.5) is 26.3 Å². The number of halogens is 6. The van der Waals surface area contributed by atoms with Crippen LogP contribution in [0.1, 0.15) is 45.5 Å². The van der Waals surface area contributed by atoms with E-state index in [4.69, 9.17) is 0 Å². The van der Waals surface area contributed by atoms with Crippen LogP contribution in [0.2, 0.25) is 0 Å². The molecule has 10 heteroatoms. The highest BCUT2D eigenvalue weighted by Gasteiger charge is 2.43. The number of benzene rings is 3. The van der Waals surface area contributed by atoms with Gasteiger partial charge in [-0.1, -0.05) is 60.7 Å². The van der Waals surface area contributed by atoms with Crippen LogP contribution in [0, 0.1) is 0 Å². The molecule has 0 bridgehead atoms. The molecule has 0 heterocycles. The standard InChI is InChI=1S/C26H21F6NO3/c1-33(23(36)17-14-20(25(27,28)29)16-21(15-17)26(30,31)32)24(13-12-22(34)35,18-8-4-2-5-9-18)19-10-6-3-7-11-19/h2-11,14-16H,12-13H2,1H3,(H,34,35). The molecule has 0 aliphatic rings. The van der Waals surface area contributed by atoms with E-state index in [0.717, 1.165) is 4.90 Å². The number of aliphatic carboxylic acids is 1. The largest absolute Gasteiger partial charge is 0.481 e. The lowest BCUT2D eigenvalue weighted by molar-refractivity contribution is -0.143. The highest BCUT2D eigenvalue weighted by molar-refractivity contribution is 5.95. The van der Waals surface area contributed by atoms with Gasteiger partial charge in [-0.05, 0) is 35.7 Å². The molecule has 0 radical (unpaired) electrons. The van der Waals surface area contributed by atoms with Crippen molar-refractivity contribution in [1.29, 1.82) is 0 Å². The van der Waals surface area contributed by atoms with Gasteiger partial charge in [-0.15, -0.1) is 0 Å². The Labute approximate surface area is 202 Å². The molecule has 0 fully saturated rings. The van der Waals surface area contributed by atoms with E-state index >= 15 is 0 Å². The number of carboxylic acid groups (broad SMARTS) is 1. The van der Waals surface area contributed by atoms with E-state index in [1.54, 1.807) is 60.7 Å². The molecule has 1 N–H and O–H groups in total. The first-order valence-electron chi connectivity index (χ1n) is 10.7. The molecule has 3 rings (SSSR count). The smallest absolute Gasteiger partial charge is 0.416 e. The Hall–Kier alpha value is -3.82. The Morgan fingerprint density at radius 3 is 1.50 bits per heavy atom. The second kappa shape index (κ2) is 10.0. The molecule has 0 saturated heterocycles. The van der Waals surface area contributed by atoms with Crippen LogP contribution < -0.4 is 0 Å². The monoisotopic (exact) mass is 509 g/mol. The first-order valence-corrected chi connectivity index (χ1v) is 10.7. The topological polar surface area (TPSA) is 57.6 Å². The van der Waals surface area contributed by atoms with Gasteiger partial charge in [0, 0.05) is 19.0 Å². The van der Waals surface area contributed by atoms with E-state index in [9.17, 15) is 41.0 Å². The number of amides is 1. The summed E-state index contributed by atoms with van der Waals surface area (Å²) in [5.74, 6) is -2.32. The van der Waals surface area contributed by atoms with Gasteiger partial charge in [0.25, 0.3) is 5.91 Å². The van der Waals surface area contributed by atoms with Crippen LogP contribution >= 0.6 is 0 Å². The maximum Gasteiger partial charge on any atom is 0.416 e. The first-order chi connectivity index (χ1) is 16.8. The lowest BCUT2D eigenvalue weighted by Crippen LogP contribution is -2.48. The molecule has 0 spiro atoms. The normalized spacial score (nSPS) is 12.3. The minimum absolute atomic E-state index is 0.0527. The Bertz CT molecular complexity index is 1150. The molecule has 36 heavy (non-hydrogen) atoms. The molecule has 0 unspecified atom stereocenters. The van der Waals surface area contributed by atoms with Crippen molar-refractivity contribution < 1.29 is 41.0 Å². The van der Waals surface area contributed by atoms with Crippen LogP contribution in [0.5, 0.6) is 0 Å². The van der Waals surface area contributed by atoms with Crippen molar-refractivity contribution in [2.45, 2.75) is 30.7 Å². The first kappa shape index (κ1) is 26.8. The third-order valence-electron chi connectivity index (χ3n) is 5.92. The van der Waals surface area contributed by atoms with Crippen molar-refractivity contribution >= 4 is 11.9 Å². The lowest BCUT2D eigenvalue weighted by atomic mass is 9.77. The average Bonchev–Trinajstić information content (AvgIpc) is 2.83. The quantitative estimate of drug-likeness (QED) is 0.365. The van der Waals surface area contributed by atoms with Crippen molar-refractivity contribution in [3.05, 3.63) is 107 Å². The summed E-state index contributed by atoms with van der Waals surface area (Å²) in [7, 11) is 1.23. The number of carboxylic acids is 1. The van der Waals surface area contributed by atoms with Gasteiger partial charge >= 0.3 is 18.3 Å². The minimum atomic E-state index is -5.13. The Morgan fingerprint density at radius 1 is 0.722 bits per heavy atom. The second-order valence-corrected chi connectivity index (χ2v) is 8.14. The summed E-state index contributed by atoms with van der Waals surface area (Å²) in [5, 5.41) is 9.41. The molecule has 0 aliphatic carbocycles. The number of alkyl halides is 6. The second-order valence-electron chi connectivity index (χ2n) is 8.14. The molecular formula is C26H21F6NO3. The van der Waals surface area contributed by atoms with Gasteiger partial charge in [0.2, 0.25) is 0 Å². The molecule has 190 valence electrons. The zero-order valence-electron chi connectivity index (χ0n) is 18.9. The summed E-state index contributed by atoms with van der Waals surface area (Å²) < 4.78 is 80.5. The number of hydrogen-bond acceptors (Lipinski definition) is 2. The fraction of sp³-hybridized carbons (Fsp3) is 0.231. The molecule has 3 aromatic rings. The van der Waals surface area contributed by atoms with Gasteiger partial charge in [-0.3, -0.25) is 9.59 Å². The summed E-state index contributed by atoms with van der Waals surface area (Å²) >= 11 is 0. The Kier molecular flexibility index (Phi) is 7.47. The SMILES string of the molecule is CN(C(=O)c1cc(C(F)(F)F)cc(C(F)(F)F)c1)C(CCC(=O)O)(c1ccccc1)c1ccccc1. The average molecular weight is 509 g/mol. The number of hydrogen-bond donors (Lipinski definition) is 1. The van der Waals surface area contributed by atoms with E-state index in [0.29, 0.717) is 23.3 Å². The van der Waals surface area contributed by atoms with Crippen LogP contribution in [0.15, 0.2) is 78.9 Å². The Morgan fingerprint density at radius 2 is 1.14 bits per heavy atom. The molecular weight excluding hydrogens is 488 g/mol. The van der Waals surface area contributed by atoms with Gasteiger partial charge in [0.1, 0.15) is 0 Å². The summed E-state index contributed by atoms with van der Waals surface area (Å²) in [6.45, 7) is 0. The molecule has 3 aromatic carbocycles. The van der Waals surface area contributed by atoms with Crippen molar-refractivity contribution in [2.75, 3.05) is 7.05 Å². The fourth-order valence-electron chi connectivity index (χ4n) is 4.17. The maximum absolute atomic E-state index is 13.6. The molecule has 0 aliphatic heterocycles.